The van der Waals surface area contributed by atoms with Crippen LogP contribution in [0.1, 0.15) is 65.4 Å². The van der Waals surface area contributed by atoms with E-state index >= 15 is 0 Å². The number of fused-ring (bicyclic) bond motifs is 2. The van der Waals surface area contributed by atoms with Gasteiger partial charge in [0.1, 0.15) is 11.5 Å². The van der Waals surface area contributed by atoms with E-state index in [4.69, 9.17) is 4.74 Å². The third kappa shape index (κ3) is 4.30. The SMILES string of the molecule is Cc1cc(NC(C)C)ncc1-c1sc(C(=O)N[C@@H]2COC[C@H]2O)nc1C(=O)N1C2CCC1CC2. The maximum atomic E-state index is 13.7. The number of rotatable bonds is 6. The number of thiazole rings is 1. The van der Waals surface area contributed by atoms with Gasteiger partial charge in [-0.3, -0.25) is 9.59 Å². The number of nitrogens with one attached hydrogen (secondary N) is 2. The Labute approximate surface area is 202 Å². The minimum Gasteiger partial charge on any atom is -0.388 e. The van der Waals surface area contributed by atoms with Gasteiger partial charge in [0.15, 0.2) is 5.01 Å². The van der Waals surface area contributed by atoms with Crippen molar-refractivity contribution in [2.24, 2.45) is 0 Å². The maximum Gasteiger partial charge on any atom is 0.280 e. The lowest BCUT2D eigenvalue weighted by Crippen LogP contribution is -2.42. The lowest BCUT2D eigenvalue weighted by Gasteiger charge is -2.21. The Morgan fingerprint density at radius 3 is 2.50 bits per heavy atom. The molecule has 2 aromatic rings. The standard InChI is InChI=1S/C24H31N5O4S/c1-12(2)26-19-8-13(3)16(9-25-19)21-20(24(32)29-14-4-5-15(29)7-6-14)28-23(34-21)22(31)27-17-10-33-11-18(17)30/h8-9,12,14-15,17-18,30H,4-7,10-11H2,1-3H3,(H,25,26)(H,27,31)/t14?,15?,17-,18-/m1/s1. The maximum absolute atomic E-state index is 13.7. The molecule has 0 radical (unpaired) electrons. The number of carbonyl (C=O) groups is 2. The number of hydrogen-bond donors (Lipinski definition) is 3. The number of carbonyl (C=O) groups excluding carboxylic acids is 2. The van der Waals surface area contributed by atoms with Crippen molar-refractivity contribution in [2.75, 3.05) is 18.5 Å². The molecule has 3 fully saturated rings. The van der Waals surface area contributed by atoms with Crippen molar-refractivity contribution in [2.45, 2.75) is 76.7 Å². The highest BCUT2D eigenvalue weighted by atomic mass is 32.1. The van der Waals surface area contributed by atoms with E-state index in [1.165, 1.54) is 11.3 Å². The van der Waals surface area contributed by atoms with Crippen LogP contribution in [0.2, 0.25) is 0 Å². The number of amides is 2. The molecule has 2 amide bonds. The van der Waals surface area contributed by atoms with Gasteiger partial charge in [0.05, 0.1) is 30.2 Å². The summed E-state index contributed by atoms with van der Waals surface area (Å²) < 4.78 is 5.24. The Morgan fingerprint density at radius 1 is 1.21 bits per heavy atom. The molecule has 182 valence electrons. The normalized spacial score (nSPS) is 25.9. The van der Waals surface area contributed by atoms with E-state index in [2.05, 4.69) is 20.6 Å². The Balaban J connectivity index is 1.50. The summed E-state index contributed by atoms with van der Waals surface area (Å²) in [5.41, 5.74) is 2.06. The fourth-order valence-corrected chi connectivity index (χ4v) is 6.23. The van der Waals surface area contributed by atoms with Crippen LogP contribution in [-0.2, 0) is 4.74 Å². The molecular formula is C24H31N5O4S. The second-order valence-electron chi connectivity index (χ2n) is 9.74. The number of aromatic nitrogens is 2. The fraction of sp³-hybridized carbons (Fsp3) is 0.583. The van der Waals surface area contributed by atoms with Crippen LogP contribution in [0.25, 0.3) is 10.4 Å². The molecule has 5 heterocycles. The number of anilines is 1. The first kappa shape index (κ1) is 23.2. The minimum absolute atomic E-state index is 0.108. The van der Waals surface area contributed by atoms with Gasteiger partial charge < -0.3 is 25.4 Å². The average molecular weight is 486 g/mol. The number of pyridine rings is 1. The van der Waals surface area contributed by atoms with Crippen LogP contribution in [0.5, 0.6) is 0 Å². The largest absolute Gasteiger partial charge is 0.388 e. The minimum atomic E-state index is -0.753. The van der Waals surface area contributed by atoms with E-state index in [0.717, 1.165) is 42.6 Å². The van der Waals surface area contributed by atoms with Crippen molar-refractivity contribution >= 4 is 29.0 Å². The first-order valence-corrected chi connectivity index (χ1v) is 12.8. The fourth-order valence-electron chi connectivity index (χ4n) is 5.19. The molecule has 3 saturated heterocycles. The lowest BCUT2D eigenvalue weighted by atomic mass is 10.0. The van der Waals surface area contributed by atoms with Crippen molar-refractivity contribution in [1.82, 2.24) is 20.2 Å². The Kier molecular flexibility index (Phi) is 6.30. The Morgan fingerprint density at radius 2 is 1.91 bits per heavy atom. The van der Waals surface area contributed by atoms with E-state index in [1.54, 1.807) is 6.20 Å². The van der Waals surface area contributed by atoms with Gasteiger partial charge in [-0.05, 0) is 58.1 Å². The third-order valence-corrected chi connectivity index (χ3v) is 7.96. The van der Waals surface area contributed by atoms with Crippen molar-refractivity contribution in [3.63, 3.8) is 0 Å². The smallest absolute Gasteiger partial charge is 0.280 e. The molecule has 0 spiro atoms. The van der Waals surface area contributed by atoms with Gasteiger partial charge in [-0.15, -0.1) is 11.3 Å². The summed E-state index contributed by atoms with van der Waals surface area (Å²) >= 11 is 1.20. The van der Waals surface area contributed by atoms with Gasteiger partial charge in [-0.25, -0.2) is 9.97 Å². The topological polar surface area (TPSA) is 117 Å². The molecule has 2 atom stereocenters. The van der Waals surface area contributed by atoms with Gasteiger partial charge >= 0.3 is 0 Å². The highest BCUT2D eigenvalue weighted by molar-refractivity contribution is 7.17. The molecule has 3 aliphatic heterocycles. The first-order valence-electron chi connectivity index (χ1n) is 12.0. The predicted molar refractivity (Wildman–Crippen MR) is 129 cm³/mol. The summed E-state index contributed by atoms with van der Waals surface area (Å²) in [6, 6.07) is 2.22. The van der Waals surface area contributed by atoms with E-state index in [1.807, 2.05) is 31.7 Å². The van der Waals surface area contributed by atoms with E-state index < -0.39 is 18.1 Å². The van der Waals surface area contributed by atoms with Gasteiger partial charge in [-0.1, -0.05) is 0 Å². The molecule has 3 aliphatic rings. The molecule has 5 rings (SSSR count). The van der Waals surface area contributed by atoms with E-state index in [9.17, 15) is 14.7 Å². The van der Waals surface area contributed by atoms with Crippen molar-refractivity contribution in [3.05, 3.63) is 28.5 Å². The number of ether oxygens (including phenoxy) is 1. The number of nitrogens with zero attached hydrogens (tertiary/aromatic N) is 3. The van der Waals surface area contributed by atoms with E-state index in [-0.39, 0.29) is 42.3 Å². The molecule has 34 heavy (non-hydrogen) atoms. The second-order valence-corrected chi connectivity index (χ2v) is 10.7. The summed E-state index contributed by atoms with van der Waals surface area (Å²) in [6.45, 7) is 6.51. The molecule has 9 nitrogen and oxygen atoms in total. The summed E-state index contributed by atoms with van der Waals surface area (Å²) in [6.07, 6.45) is 5.10. The number of aliphatic hydroxyl groups excluding tert-OH is 1. The van der Waals surface area contributed by atoms with Crippen LogP contribution in [-0.4, -0.2) is 75.3 Å². The van der Waals surface area contributed by atoms with Crippen LogP contribution < -0.4 is 10.6 Å². The molecule has 0 saturated carbocycles. The third-order valence-electron chi connectivity index (χ3n) is 6.87. The monoisotopic (exact) mass is 485 g/mol. The molecule has 0 aliphatic carbocycles. The second kappa shape index (κ2) is 9.24. The molecule has 0 unspecified atom stereocenters. The zero-order valence-corrected chi connectivity index (χ0v) is 20.5. The predicted octanol–water partition coefficient (Wildman–Crippen LogP) is 2.59. The van der Waals surface area contributed by atoms with Gasteiger partial charge in [0, 0.05) is 29.9 Å². The first-order chi connectivity index (χ1) is 16.3. The molecule has 2 aromatic heterocycles. The van der Waals surface area contributed by atoms with Crippen LogP contribution in [0.15, 0.2) is 12.3 Å². The summed E-state index contributed by atoms with van der Waals surface area (Å²) in [7, 11) is 0. The highest BCUT2D eigenvalue weighted by Crippen LogP contribution is 2.41. The molecule has 3 N–H and O–H groups in total. The van der Waals surface area contributed by atoms with Crippen LogP contribution >= 0.6 is 11.3 Å². The number of aryl methyl sites for hydroxylation is 1. The highest BCUT2D eigenvalue weighted by Gasteiger charge is 2.44. The van der Waals surface area contributed by atoms with Crippen LogP contribution in [0.3, 0.4) is 0 Å². The number of aliphatic hydroxyl groups is 1. The number of hydrogen-bond acceptors (Lipinski definition) is 8. The van der Waals surface area contributed by atoms with Gasteiger partial charge in [0.2, 0.25) is 0 Å². The van der Waals surface area contributed by atoms with Crippen molar-refractivity contribution < 1.29 is 19.4 Å². The Hall–Kier alpha value is -2.56. The molecular weight excluding hydrogens is 454 g/mol. The molecule has 2 bridgehead atoms. The summed E-state index contributed by atoms with van der Waals surface area (Å²) in [4.78, 5) is 38.4. The molecule has 0 aromatic carbocycles. The zero-order chi connectivity index (χ0) is 24.0. The van der Waals surface area contributed by atoms with Crippen molar-refractivity contribution in [1.29, 1.82) is 0 Å². The zero-order valence-electron chi connectivity index (χ0n) is 19.7. The summed E-state index contributed by atoms with van der Waals surface area (Å²) in [5.74, 6) is 0.246. The van der Waals surface area contributed by atoms with Crippen LogP contribution in [0.4, 0.5) is 5.82 Å². The Bertz CT molecular complexity index is 1080. The quantitative estimate of drug-likeness (QED) is 0.576. The summed E-state index contributed by atoms with van der Waals surface area (Å²) in [5, 5.41) is 16.3. The lowest BCUT2D eigenvalue weighted by molar-refractivity contribution is 0.0725. The van der Waals surface area contributed by atoms with E-state index in [0.29, 0.717) is 10.6 Å². The van der Waals surface area contributed by atoms with Gasteiger partial charge in [-0.2, -0.15) is 0 Å². The van der Waals surface area contributed by atoms with Crippen LogP contribution in [0, 0.1) is 6.92 Å². The van der Waals surface area contributed by atoms with Crippen molar-refractivity contribution in [3.8, 4) is 10.4 Å². The average Bonchev–Trinajstić information content (AvgIpc) is 3.57. The molecule has 10 heteroatoms. The van der Waals surface area contributed by atoms with Gasteiger partial charge in [0.25, 0.3) is 11.8 Å².